The summed E-state index contributed by atoms with van der Waals surface area (Å²) in [6.45, 7) is 4.28. The van der Waals surface area contributed by atoms with Crippen molar-refractivity contribution in [2.45, 2.75) is 50.3 Å². The number of ether oxygens (including phenoxy) is 1. The predicted molar refractivity (Wildman–Crippen MR) is 188 cm³/mol. The fraction of sp³-hybridized carbons (Fsp3) is 0.438. The highest BCUT2D eigenvalue weighted by atomic mass is 32.2. The van der Waals surface area contributed by atoms with Crippen molar-refractivity contribution in [3.63, 3.8) is 0 Å². The van der Waals surface area contributed by atoms with Crippen LogP contribution in [0.4, 0.5) is 34.5 Å². The van der Waals surface area contributed by atoms with Crippen molar-refractivity contribution in [1.29, 1.82) is 0 Å². The van der Waals surface area contributed by atoms with Gasteiger partial charge in [-0.25, -0.2) is 4.98 Å². The summed E-state index contributed by atoms with van der Waals surface area (Å²) in [5, 5.41) is 8.52. The van der Waals surface area contributed by atoms with Crippen molar-refractivity contribution in [2.75, 3.05) is 61.2 Å². The molecule has 1 atom stereocenters. The molecule has 2 aliphatic rings. The fourth-order valence-electron chi connectivity index (χ4n) is 5.77. The molecule has 0 bridgehead atoms. The van der Waals surface area contributed by atoms with Gasteiger partial charge in [0.15, 0.2) is 0 Å². The molecule has 2 aromatic carbocycles. The zero-order valence-electron chi connectivity index (χ0n) is 26.2. The first-order valence-electron chi connectivity index (χ1n) is 15.3. The van der Waals surface area contributed by atoms with Gasteiger partial charge >= 0.3 is 0 Å². The van der Waals surface area contributed by atoms with Gasteiger partial charge in [0.2, 0.25) is 5.95 Å². The number of methoxy groups -OCH3 is 1. The number of nitrogens with one attached hydrogen (secondary N) is 2. The SMILES string of the molecule is CCc1cc(Nc2ncc(P)c(Nc3ccc4nccnc4c3N(C)SC3CC3)n2)c(OC)cc1N1CCC(N(C)C)CC1. The maximum absolute atomic E-state index is 5.88. The topological polar surface area (TPSA) is 94.6 Å². The molecule has 1 aliphatic carbocycles. The number of benzene rings is 2. The number of hydrogen-bond acceptors (Lipinski definition) is 11. The van der Waals surface area contributed by atoms with E-state index >= 15 is 0 Å². The third-order valence-electron chi connectivity index (χ3n) is 8.39. The highest BCUT2D eigenvalue weighted by molar-refractivity contribution is 8.01. The van der Waals surface area contributed by atoms with E-state index in [1.807, 2.05) is 30.3 Å². The summed E-state index contributed by atoms with van der Waals surface area (Å²) in [6.07, 6.45) is 11.0. The van der Waals surface area contributed by atoms with Crippen molar-refractivity contribution >= 4 is 72.0 Å². The molecule has 44 heavy (non-hydrogen) atoms. The number of anilines is 6. The lowest BCUT2D eigenvalue weighted by Crippen LogP contribution is -2.42. The van der Waals surface area contributed by atoms with Crippen LogP contribution in [-0.2, 0) is 6.42 Å². The Balaban J connectivity index is 1.27. The monoisotopic (exact) mass is 631 g/mol. The standard InChI is InChI=1S/C32H42N9OPS/c1-6-20-17-25(27(42-5)18-26(20)41-15-11-21(12-16-41)39(2)3)37-32-35-19-28(43)31(38-32)36-24-10-9-23-29(34-14-13-33-23)30(24)40(4)44-22-7-8-22/h9-10,13-14,17-19,21-22H,6-8,11-12,15-16,43H2,1-5H3,(H2,35,36,37,38). The second-order valence-electron chi connectivity index (χ2n) is 11.7. The molecule has 1 aliphatic heterocycles. The summed E-state index contributed by atoms with van der Waals surface area (Å²) in [4.78, 5) is 23.6. The second-order valence-corrected chi connectivity index (χ2v) is 13.7. The Hall–Kier alpha value is -3.40. The predicted octanol–water partition coefficient (Wildman–Crippen LogP) is 5.76. The van der Waals surface area contributed by atoms with Crippen LogP contribution < -0.4 is 29.9 Å². The van der Waals surface area contributed by atoms with Gasteiger partial charge in [0.25, 0.3) is 0 Å². The highest BCUT2D eigenvalue weighted by Gasteiger charge is 2.27. The first kappa shape index (κ1) is 30.6. The normalized spacial score (nSPS) is 15.6. The number of aryl methyl sites for hydroxylation is 1. The lowest BCUT2D eigenvalue weighted by Gasteiger charge is -2.37. The summed E-state index contributed by atoms with van der Waals surface area (Å²) in [5.41, 5.74) is 6.98. The molecule has 2 N–H and O–H groups in total. The van der Waals surface area contributed by atoms with Crippen molar-refractivity contribution in [1.82, 2.24) is 24.8 Å². The van der Waals surface area contributed by atoms with Gasteiger partial charge < -0.3 is 29.5 Å². The van der Waals surface area contributed by atoms with Crippen molar-refractivity contribution < 1.29 is 4.74 Å². The molecule has 12 heteroatoms. The summed E-state index contributed by atoms with van der Waals surface area (Å²) in [7, 11) is 10.9. The first-order chi connectivity index (χ1) is 21.3. The van der Waals surface area contributed by atoms with Crippen LogP contribution >= 0.6 is 21.2 Å². The Morgan fingerprint density at radius 3 is 2.48 bits per heavy atom. The quantitative estimate of drug-likeness (QED) is 0.156. The van der Waals surface area contributed by atoms with Gasteiger partial charge in [-0.05, 0) is 81.9 Å². The number of rotatable bonds is 11. The molecule has 2 fully saturated rings. The van der Waals surface area contributed by atoms with E-state index in [0.717, 1.165) is 71.5 Å². The van der Waals surface area contributed by atoms with E-state index in [2.05, 4.69) is 89.1 Å². The van der Waals surface area contributed by atoms with E-state index < -0.39 is 0 Å². The third kappa shape index (κ3) is 6.65. The average Bonchev–Trinajstić information content (AvgIpc) is 3.86. The molecule has 10 nitrogen and oxygen atoms in total. The minimum absolute atomic E-state index is 0.487. The van der Waals surface area contributed by atoms with Crippen molar-refractivity contribution in [3.8, 4) is 5.75 Å². The summed E-state index contributed by atoms with van der Waals surface area (Å²) >= 11 is 1.84. The molecule has 0 amide bonds. The molecule has 1 unspecified atom stereocenters. The third-order valence-corrected chi connectivity index (χ3v) is 10.1. The summed E-state index contributed by atoms with van der Waals surface area (Å²) < 4.78 is 8.09. The van der Waals surface area contributed by atoms with Gasteiger partial charge in [-0.1, -0.05) is 16.2 Å². The van der Waals surface area contributed by atoms with Gasteiger partial charge in [-0.15, -0.1) is 0 Å². The van der Waals surface area contributed by atoms with Gasteiger partial charge in [0, 0.05) is 67.1 Å². The average molecular weight is 632 g/mol. The number of nitrogens with zero attached hydrogens (tertiary/aromatic N) is 7. The molecular weight excluding hydrogens is 589 g/mol. The fourth-order valence-corrected chi connectivity index (χ4v) is 7.07. The van der Waals surface area contributed by atoms with Crippen molar-refractivity contribution in [2.24, 2.45) is 0 Å². The Kier molecular flexibility index (Phi) is 9.26. The van der Waals surface area contributed by atoms with Crippen LogP contribution in [0.25, 0.3) is 11.0 Å². The summed E-state index contributed by atoms with van der Waals surface area (Å²) in [6, 6.07) is 9.02. The zero-order valence-corrected chi connectivity index (χ0v) is 28.1. The Morgan fingerprint density at radius 1 is 1.00 bits per heavy atom. The molecular formula is C32H42N9OPS. The largest absolute Gasteiger partial charge is 0.494 e. The maximum atomic E-state index is 5.88. The number of aromatic nitrogens is 4. The van der Waals surface area contributed by atoms with Crippen molar-refractivity contribution in [3.05, 3.63) is 48.4 Å². The number of hydrogen-bond donors (Lipinski definition) is 2. The van der Waals surface area contributed by atoms with Gasteiger partial charge in [-0.3, -0.25) is 9.97 Å². The van der Waals surface area contributed by atoms with Crippen LogP contribution in [0.15, 0.2) is 42.9 Å². The molecule has 1 saturated heterocycles. The molecule has 6 rings (SSSR count). The van der Waals surface area contributed by atoms with Crippen LogP contribution in [-0.4, -0.2) is 77.5 Å². The van der Waals surface area contributed by atoms with Gasteiger partial charge in [-0.2, -0.15) is 4.98 Å². The van der Waals surface area contributed by atoms with Crippen LogP contribution in [0.1, 0.15) is 38.2 Å². The van der Waals surface area contributed by atoms with E-state index in [1.165, 1.54) is 24.1 Å². The Bertz CT molecular complexity index is 1630. The molecule has 0 spiro atoms. The van der Waals surface area contributed by atoms with E-state index in [1.54, 1.807) is 19.5 Å². The van der Waals surface area contributed by atoms with E-state index in [0.29, 0.717) is 23.1 Å². The molecule has 0 radical (unpaired) electrons. The van der Waals surface area contributed by atoms with Gasteiger partial charge in [0.05, 0.1) is 29.7 Å². The van der Waals surface area contributed by atoms with Gasteiger partial charge in [0.1, 0.15) is 17.1 Å². The van der Waals surface area contributed by atoms with E-state index in [-0.39, 0.29) is 0 Å². The molecule has 232 valence electrons. The van der Waals surface area contributed by atoms with Crippen LogP contribution in [0.5, 0.6) is 5.75 Å². The lowest BCUT2D eigenvalue weighted by atomic mass is 10.0. The highest BCUT2D eigenvalue weighted by Crippen LogP contribution is 2.43. The van der Waals surface area contributed by atoms with E-state index in [4.69, 9.17) is 9.72 Å². The molecule has 1 saturated carbocycles. The molecule has 4 aromatic rings. The Morgan fingerprint density at radius 2 is 1.77 bits per heavy atom. The first-order valence-corrected chi connectivity index (χ1v) is 16.7. The smallest absolute Gasteiger partial charge is 0.229 e. The number of piperidine rings is 1. The second kappa shape index (κ2) is 13.3. The summed E-state index contributed by atoms with van der Waals surface area (Å²) in [5.74, 6) is 1.95. The van der Waals surface area contributed by atoms with Crippen LogP contribution in [0, 0.1) is 0 Å². The molecule has 2 aromatic heterocycles. The molecule has 3 heterocycles. The maximum Gasteiger partial charge on any atom is 0.229 e. The number of fused-ring (bicyclic) bond motifs is 1. The minimum atomic E-state index is 0.487. The zero-order chi connectivity index (χ0) is 30.8. The Labute approximate surface area is 266 Å². The van der Waals surface area contributed by atoms with Crippen LogP contribution in [0.2, 0.25) is 0 Å². The minimum Gasteiger partial charge on any atom is -0.494 e. The van der Waals surface area contributed by atoms with E-state index in [9.17, 15) is 0 Å². The lowest BCUT2D eigenvalue weighted by molar-refractivity contribution is 0.249. The van der Waals surface area contributed by atoms with Crippen LogP contribution in [0.3, 0.4) is 0 Å².